The number of benzene rings is 1. The third-order valence-electron chi connectivity index (χ3n) is 4.10. The van der Waals surface area contributed by atoms with Gasteiger partial charge in [-0.3, -0.25) is 4.79 Å². The first-order valence-electron chi connectivity index (χ1n) is 8.53. The van der Waals surface area contributed by atoms with Gasteiger partial charge in [-0.15, -0.1) is 11.3 Å². The average molecular weight is 353 g/mol. The molecule has 0 unspecified atom stereocenters. The van der Waals surface area contributed by atoms with Gasteiger partial charge in [-0.2, -0.15) is 5.10 Å². The van der Waals surface area contributed by atoms with Crippen molar-refractivity contribution in [3.05, 3.63) is 69.7 Å². The molecule has 25 heavy (non-hydrogen) atoms. The van der Waals surface area contributed by atoms with Crippen LogP contribution in [0.4, 0.5) is 0 Å². The van der Waals surface area contributed by atoms with Crippen molar-refractivity contribution in [1.82, 2.24) is 15.1 Å². The largest absolute Gasteiger partial charge is 0.356 e. The third kappa shape index (κ3) is 4.79. The fraction of sp³-hybridized carbons (Fsp3) is 0.300. The lowest BCUT2D eigenvalue weighted by molar-refractivity contribution is -0.121. The summed E-state index contributed by atoms with van der Waals surface area (Å²) in [6.07, 6.45) is 2.17. The van der Waals surface area contributed by atoms with Gasteiger partial charge in [0.25, 0.3) is 0 Å². The molecule has 2 aromatic heterocycles. The number of thiophene rings is 1. The van der Waals surface area contributed by atoms with Gasteiger partial charge < -0.3 is 5.32 Å². The maximum Gasteiger partial charge on any atom is 0.220 e. The van der Waals surface area contributed by atoms with E-state index in [9.17, 15) is 4.79 Å². The molecule has 1 amide bonds. The molecule has 1 N–H and O–H groups in total. The maximum atomic E-state index is 12.0. The van der Waals surface area contributed by atoms with E-state index in [4.69, 9.17) is 0 Å². The molecule has 0 aliphatic rings. The van der Waals surface area contributed by atoms with Crippen LogP contribution in [-0.4, -0.2) is 22.2 Å². The van der Waals surface area contributed by atoms with E-state index < -0.39 is 0 Å². The molecule has 1 aromatic carbocycles. The Balaban J connectivity index is 1.46. The summed E-state index contributed by atoms with van der Waals surface area (Å²) in [6.45, 7) is 4.75. The van der Waals surface area contributed by atoms with Crippen molar-refractivity contribution in [3.63, 3.8) is 0 Å². The second kappa shape index (κ2) is 8.12. The number of hydrogen-bond acceptors (Lipinski definition) is 3. The summed E-state index contributed by atoms with van der Waals surface area (Å²) < 4.78 is 1.94. The second-order valence-electron chi connectivity index (χ2n) is 6.18. The molecular formula is C20H23N3OS. The SMILES string of the molecule is Cc1cc(C)n(-c2ccc(CCC(=O)NCCc3cccs3)cc2)n1. The van der Waals surface area contributed by atoms with E-state index in [-0.39, 0.29) is 5.91 Å². The van der Waals surface area contributed by atoms with Gasteiger partial charge in [-0.25, -0.2) is 4.68 Å². The molecule has 5 heteroatoms. The number of amides is 1. The van der Waals surface area contributed by atoms with E-state index in [1.807, 2.05) is 17.7 Å². The molecule has 0 saturated heterocycles. The number of aromatic nitrogens is 2. The quantitative estimate of drug-likeness (QED) is 0.701. The van der Waals surface area contributed by atoms with Crippen LogP contribution in [0.15, 0.2) is 47.8 Å². The number of hydrogen-bond donors (Lipinski definition) is 1. The minimum Gasteiger partial charge on any atom is -0.356 e. The molecule has 130 valence electrons. The van der Waals surface area contributed by atoms with Gasteiger partial charge in [-0.1, -0.05) is 18.2 Å². The van der Waals surface area contributed by atoms with Crippen molar-refractivity contribution in [2.75, 3.05) is 6.54 Å². The highest BCUT2D eigenvalue weighted by Gasteiger charge is 2.05. The van der Waals surface area contributed by atoms with Crippen LogP contribution in [0.5, 0.6) is 0 Å². The Hall–Kier alpha value is -2.40. The predicted molar refractivity (Wildman–Crippen MR) is 102 cm³/mol. The third-order valence-corrected chi connectivity index (χ3v) is 5.04. The van der Waals surface area contributed by atoms with Crippen LogP contribution in [0, 0.1) is 13.8 Å². The molecule has 3 aromatic rings. The zero-order chi connectivity index (χ0) is 17.6. The molecule has 0 spiro atoms. The number of rotatable bonds is 7. The van der Waals surface area contributed by atoms with Crippen molar-refractivity contribution in [2.24, 2.45) is 0 Å². The van der Waals surface area contributed by atoms with E-state index in [2.05, 4.69) is 59.1 Å². The molecule has 0 saturated carbocycles. The highest BCUT2D eigenvalue weighted by atomic mass is 32.1. The number of carbonyl (C=O) groups is 1. The number of aryl methyl sites for hydroxylation is 3. The summed E-state index contributed by atoms with van der Waals surface area (Å²) in [4.78, 5) is 13.3. The van der Waals surface area contributed by atoms with Crippen LogP contribution >= 0.6 is 11.3 Å². The van der Waals surface area contributed by atoms with E-state index in [1.54, 1.807) is 11.3 Å². The smallest absolute Gasteiger partial charge is 0.220 e. The number of carbonyl (C=O) groups excluding carboxylic acids is 1. The Kier molecular flexibility index (Phi) is 5.66. The van der Waals surface area contributed by atoms with E-state index in [0.29, 0.717) is 13.0 Å². The molecule has 4 nitrogen and oxygen atoms in total. The zero-order valence-electron chi connectivity index (χ0n) is 14.7. The molecule has 0 atom stereocenters. The van der Waals surface area contributed by atoms with Crippen LogP contribution in [0.2, 0.25) is 0 Å². The second-order valence-corrected chi connectivity index (χ2v) is 7.22. The van der Waals surface area contributed by atoms with Crippen molar-refractivity contribution in [2.45, 2.75) is 33.1 Å². The molecule has 0 aliphatic heterocycles. The van der Waals surface area contributed by atoms with Crippen LogP contribution in [0.25, 0.3) is 5.69 Å². The van der Waals surface area contributed by atoms with Crippen LogP contribution < -0.4 is 5.32 Å². The molecule has 0 bridgehead atoms. The lowest BCUT2D eigenvalue weighted by Gasteiger charge is -2.07. The highest BCUT2D eigenvalue weighted by molar-refractivity contribution is 7.09. The first kappa shape index (κ1) is 17.4. The Bertz CT molecular complexity index is 819. The molecular weight excluding hydrogens is 330 g/mol. The minimum atomic E-state index is 0.110. The standard InChI is InChI=1S/C20H23N3OS/c1-15-14-16(2)23(22-15)18-8-5-17(6-9-18)7-10-20(24)21-12-11-19-4-3-13-25-19/h3-6,8-9,13-14H,7,10-12H2,1-2H3,(H,21,24). The predicted octanol–water partition coefficient (Wildman–Crippen LogP) is 3.84. The molecule has 0 radical (unpaired) electrons. The normalized spacial score (nSPS) is 10.8. The minimum absolute atomic E-state index is 0.110. The lowest BCUT2D eigenvalue weighted by Crippen LogP contribution is -2.25. The van der Waals surface area contributed by atoms with E-state index in [1.165, 1.54) is 10.4 Å². The fourth-order valence-corrected chi connectivity index (χ4v) is 3.53. The first-order chi connectivity index (χ1) is 12.1. The van der Waals surface area contributed by atoms with Crippen molar-refractivity contribution < 1.29 is 4.79 Å². The lowest BCUT2D eigenvalue weighted by atomic mass is 10.1. The Labute approximate surface area is 152 Å². The van der Waals surface area contributed by atoms with Gasteiger partial charge in [0.15, 0.2) is 0 Å². The number of nitrogens with one attached hydrogen (secondary N) is 1. The van der Waals surface area contributed by atoms with Crippen molar-refractivity contribution >= 4 is 17.2 Å². The Morgan fingerprint density at radius 1 is 1.16 bits per heavy atom. The molecule has 0 aliphatic carbocycles. The van der Waals surface area contributed by atoms with Crippen LogP contribution in [0.1, 0.15) is 28.2 Å². The molecule has 0 fully saturated rings. The van der Waals surface area contributed by atoms with Gasteiger partial charge in [0.05, 0.1) is 11.4 Å². The summed E-state index contributed by atoms with van der Waals surface area (Å²) in [7, 11) is 0. The average Bonchev–Trinajstić information content (AvgIpc) is 3.23. The van der Waals surface area contributed by atoms with Crippen LogP contribution in [-0.2, 0) is 17.6 Å². The van der Waals surface area contributed by atoms with E-state index in [0.717, 1.165) is 29.9 Å². The summed E-state index contributed by atoms with van der Waals surface area (Å²) in [5.41, 5.74) is 4.35. The Morgan fingerprint density at radius 2 is 1.96 bits per heavy atom. The van der Waals surface area contributed by atoms with Crippen LogP contribution in [0.3, 0.4) is 0 Å². The topological polar surface area (TPSA) is 46.9 Å². The Morgan fingerprint density at radius 3 is 2.60 bits per heavy atom. The maximum absolute atomic E-state index is 12.0. The summed E-state index contributed by atoms with van der Waals surface area (Å²) in [5, 5.41) is 9.55. The van der Waals surface area contributed by atoms with Gasteiger partial charge in [-0.05, 0) is 61.9 Å². The molecule has 2 heterocycles. The summed E-state index contributed by atoms with van der Waals surface area (Å²) in [6, 6.07) is 14.5. The van der Waals surface area contributed by atoms with Gasteiger partial charge in [0, 0.05) is 23.5 Å². The number of nitrogens with zero attached hydrogens (tertiary/aromatic N) is 2. The van der Waals surface area contributed by atoms with Crippen molar-refractivity contribution in [3.8, 4) is 5.69 Å². The monoisotopic (exact) mass is 353 g/mol. The highest BCUT2D eigenvalue weighted by Crippen LogP contribution is 2.14. The van der Waals surface area contributed by atoms with Crippen molar-refractivity contribution in [1.29, 1.82) is 0 Å². The molecule has 3 rings (SSSR count). The zero-order valence-corrected chi connectivity index (χ0v) is 15.5. The van der Waals surface area contributed by atoms with Gasteiger partial charge in [0.1, 0.15) is 0 Å². The first-order valence-corrected chi connectivity index (χ1v) is 9.41. The van der Waals surface area contributed by atoms with Gasteiger partial charge >= 0.3 is 0 Å². The fourth-order valence-electron chi connectivity index (χ4n) is 2.82. The summed E-state index contributed by atoms with van der Waals surface area (Å²) >= 11 is 1.73. The van der Waals surface area contributed by atoms with Gasteiger partial charge in [0.2, 0.25) is 5.91 Å². The van der Waals surface area contributed by atoms with E-state index >= 15 is 0 Å². The summed E-state index contributed by atoms with van der Waals surface area (Å²) in [5.74, 6) is 0.110.